The van der Waals surface area contributed by atoms with Crippen LogP contribution in [0.3, 0.4) is 0 Å². The standard InChI is InChI=1S/C17H27BrN2O/c1-5-8-19-10-14-6-7-15(9-16(14)18)20-11-13(2)21-17(3,4)12-20/h6-7,9,13,19H,5,8,10-12H2,1-4H3. The number of halogens is 1. The zero-order valence-corrected chi connectivity index (χ0v) is 15.2. The molecule has 1 N–H and O–H groups in total. The quantitative estimate of drug-likeness (QED) is 0.810. The van der Waals surface area contributed by atoms with Crippen molar-refractivity contribution in [1.29, 1.82) is 0 Å². The van der Waals surface area contributed by atoms with Gasteiger partial charge < -0.3 is 15.0 Å². The molecule has 118 valence electrons. The van der Waals surface area contributed by atoms with Gasteiger partial charge in [-0.05, 0) is 51.4 Å². The zero-order chi connectivity index (χ0) is 15.5. The summed E-state index contributed by atoms with van der Waals surface area (Å²) in [6, 6.07) is 6.67. The topological polar surface area (TPSA) is 24.5 Å². The minimum absolute atomic E-state index is 0.0918. The van der Waals surface area contributed by atoms with Gasteiger partial charge in [0.25, 0.3) is 0 Å². The van der Waals surface area contributed by atoms with Crippen molar-refractivity contribution in [2.45, 2.75) is 52.4 Å². The second kappa shape index (κ2) is 7.12. The van der Waals surface area contributed by atoms with Crippen LogP contribution in [0.4, 0.5) is 5.69 Å². The van der Waals surface area contributed by atoms with Gasteiger partial charge in [-0.2, -0.15) is 0 Å². The van der Waals surface area contributed by atoms with Gasteiger partial charge in [0.15, 0.2) is 0 Å². The lowest BCUT2D eigenvalue weighted by Crippen LogP contribution is -2.52. The molecule has 0 aromatic heterocycles. The summed E-state index contributed by atoms with van der Waals surface area (Å²) in [4.78, 5) is 2.42. The highest BCUT2D eigenvalue weighted by atomic mass is 79.9. The van der Waals surface area contributed by atoms with Gasteiger partial charge in [0.2, 0.25) is 0 Å². The number of hydrogen-bond acceptors (Lipinski definition) is 3. The van der Waals surface area contributed by atoms with Gasteiger partial charge >= 0.3 is 0 Å². The van der Waals surface area contributed by atoms with Gasteiger partial charge in [-0.1, -0.05) is 28.9 Å². The molecule has 0 bridgehead atoms. The Morgan fingerprint density at radius 1 is 1.43 bits per heavy atom. The van der Waals surface area contributed by atoms with Gasteiger partial charge in [-0.3, -0.25) is 0 Å². The second-order valence-electron chi connectivity index (χ2n) is 6.52. The van der Waals surface area contributed by atoms with Crippen LogP contribution in [0, 0.1) is 0 Å². The molecule has 21 heavy (non-hydrogen) atoms. The molecule has 2 rings (SSSR count). The number of nitrogens with one attached hydrogen (secondary N) is 1. The van der Waals surface area contributed by atoms with Crippen LogP contribution in [0.25, 0.3) is 0 Å². The molecule has 0 spiro atoms. The lowest BCUT2D eigenvalue weighted by atomic mass is 10.0. The molecule has 3 nitrogen and oxygen atoms in total. The molecule has 1 aliphatic heterocycles. The summed E-state index contributed by atoms with van der Waals surface area (Å²) < 4.78 is 7.16. The molecule has 4 heteroatoms. The maximum Gasteiger partial charge on any atom is 0.0805 e. The summed E-state index contributed by atoms with van der Waals surface area (Å²) >= 11 is 3.71. The lowest BCUT2D eigenvalue weighted by Gasteiger charge is -2.43. The number of ether oxygens (including phenoxy) is 1. The highest BCUT2D eigenvalue weighted by Crippen LogP contribution is 2.29. The van der Waals surface area contributed by atoms with E-state index in [1.807, 2.05) is 0 Å². The predicted octanol–water partition coefficient (Wildman–Crippen LogP) is 3.95. The first-order valence-corrected chi connectivity index (χ1v) is 8.62. The van der Waals surface area contributed by atoms with Crippen LogP contribution in [-0.4, -0.2) is 31.3 Å². The van der Waals surface area contributed by atoms with Crippen molar-refractivity contribution in [3.63, 3.8) is 0 Å². The molecule has 1 aliphatic rings. The van der Waals surface area contributed by atoms with Crippen molar-refractivity contribution in [3.05, 3.63) is 28.2 Å². The Hall–Kier alpha value is -0.580. The summed E-state index contributed by atoms with van der Waals surface area (Å²) in [5.74, 6) is 0. The van der Waals surface area contributed by atoms with E-state index in [1.165, 1.54) is 15.7 Å². The van der Waals surface area contributed by atoms with Crippen molar-refractivity contribution >= 4 is 21.6 Å². The van der Waals surface area contributed by atoms with E-state index in [0.717, 1.165) is 32.6 Å². The Morgan fingerprint density at radius 2 is 2.19 bits per heavy atom. The van der Waals surface area contributed by atoms with E-state index in [2.05, 4.69) is 72.0 Å². The fraction of sp³-hybridized carbons (Fsp3) is 0.647. The van der Waals surface area contributed by atoms with E-state index in [1.54, 1.807) is 0 Å². The van der Waals surface area contributed by atoms with Gasteiger partial charge in [-0.15, -0.1) is 0 Å². The first-order valence-electron chi connectivity index (χ1n) is 7.83. The van der Waals surface area contributed by atoms with Crippen LogP contribution >= 0.6 is 15.9 Å². The van der Waals surface area contributed by atoms with Crippen LogP contribution in [0.5, 0.6) is 0 Å². The maximum atomic E-state index is 5.98. The number of anilines is 1. The molecule has 1 fully saturated rings. The van der Waals surface area contributed by atoms with Crippen LogP contribution in [0.1, 0.15) is 39.7 Å². The average Bonchev–Trinajstić information content (AvgIpc) is 2.38. The molecule has 1 atom stereocenters. The maximum absolute atomic E-state index is 5.98. The van der Waals surface area contributed by atoms with E-state index < -0.39 is 0 Å². The van der Waals surface area contributed by atoms with Crippen molar-refractivity contribution < 1.29 is 4.74 Å². The zero-order valence-electron chi connectivity index (χ0n) is 13.6. The lowest BCUT2D eigenvalue weighted by molar-refractivity contribution is -0.0749. The van der Waals surface area contributed by atoms with Crippen molar-refractivity contribution in [2.75, 3.05) is 24.5 Å². The molecule has 0 radical (unpaired) electrons. The van der Waals surface area contributed by atoms with E-state index >= 15 is 0 Å². The third-order valence-corrected chi connectivity index (χ3v) is 4.45. The smallest absolute Gasteiger partial charge is 0.0805 e. The first kappa shape index (κ1) is 16.8. The fourth-order valence-electron chi connectivity index (χ4n) is 2.93. The molecule has 0 amide bonds. The predicted molar refractivity (Wildman–Crippen MR) is 93.0 cm³/mol. The molecule has 1 heterocycles. The van der Waals surface area contributed by atoms with E-state index in [-0.39, 0.29) is 11.7 Å². The van der Waals surface area contributed by atoms with Gasteiger partial charge in [0, 0.05) is 29.8 Å². The van der Waals surface area contributed by atoms with Crippen molar-refractivity contribution in [1.82, 2.24) is 5.32 Å². The van der Waals surface area contributed by atoms with E-state index in [4.69, 9.17) is 4.74 Å². The third-order valence-electron chi connectivity index (χ3n) is 3.71. The normalized spacial score (nSPS) is 21.6. The summed E-state index contributed by atoms with van der Waals surface area (Å²) in [6.45, 7) is 12.5. The second-order valence-corrected chi connectivity index (χ2v) is 7.38. The monoisotopic (exact) mass is 354 g/mol. The number of rotatable bonds is 5. The summed E-state index contributed by atoms with van der Waals surface area (Å²) in [5.41, 5.74) is 2.49. The molecule has 1 unspecified atom stereocenters. The van der Waals surface area contributed by atoms with Crippen LogP contribution in [0.2, 0.25) is 0 Å². The number of nitrogens with zero attached hydrogens (tertiary/aromatic N) is 1. The Kier molecular flexibility index (Phi) is 5.69. The van der Waals surface area contributed by atoms with E-state index in [0.29, 0.717) is 0 Å². The Balaban J connectivity index is 2.08. The Bertz CT molecular complexity index is 476. The summed E-state index contributed by atoms with van der Waals surface area (Å²) in [7, 11) is 0. The number of benzene rings is 1. The minimum Gasteiger partial charge on any atom is -0.369 e. The molecular formula is C17H27BrN2O. The molecular weight excluding hydrogens is 328 g/mol. The molecule has 1 saturated heterocycles. The minimum atomic E-state index is -0.0918. The highest BCUT2D eigenvalue weighted by Gasteiger charge is 2.31. The molecule has 1 aromatic rings. The summed E-state index contributed by atoms with van der Waals surface area (Å²) in [6.07, 6.45) is 1.43. The molecule has 0 saturated carbocycles. The Labute approximate surface area is 137 Å². The molecule has 1 aromatic carbocycles. The molecule has 0 aliphatic carbocycles. The van der Waals surface area contributed by atoms with Crippen molar-refractivity contribution in [3.8, 4) is 0 Å². The number of hydrogen-bond donors (Lipinski definition) is 1. The Morgan fingerprint density at radius 3 is 2.81 bits per heavy atom. The van der Waals surface area contributed by atoms with Crippen LogP contribution in [-0.2, 0) is 11.3 Å². The van der Waals surface area contributed by atoms with E-state index in [9.17, 15) is 0 Å². The van der Waals surface area contributed by atoms with Crippen molar-refractivity contribution in [2.24, 2.45) is 0 Å². The fourth-order valence-corrected chi connectivity index (χ4v) is 3.43. The summed E-state index contributed by atoms with van der Waals surface area (Å²) in [5, 5.41) is 3.45. The van der Waals surface area contributed by atoms with Crippen LogP contribution < -0.4 is 10.2 Å². The van der Waals surface area contributed by atoms with Gasteiger partial charge in [-0.25, -0.2) is 0 Å². The van der Waals surface area contributed by atoms with Gasteiger partial charge in [0.05, 0.1) is 11.7 Å². The highest BCUT2D eigenvalue weighted by molar-refractivity contribution is 9.10. The SMILES string of the molecule is CCCNCc1ccc(N2CC(C)OC(C)(C)C2)cc1Br. The average molecular weight is 355 g/mol. The van der Waals surface area contributed by atoms with Crippen LogP contribution in [0.15, 0.2) is 22.7 Å². The number of morpholine rings is 1. The first-order chi connectivity index (χ1) is 9.91. The largest absolute Gasteiger partial charge is 0.369 e. The van der Waals surface area contributed by atoms with Gasteiger partial charge in [0.1, 0.15) is 0 Å². The third kappa shape index (κ3) is 4.70.